The van der Waals surface area contributed by atoms with E-state index in [1.54, 1.807) is 0 Å². The van der Waals surface area contributed by atoms with Crippen molar-refractivity contribution < 1.29 is 0 Å². The molecule has 0 N–H and O–H groups in total. The molecule has 0 fully saturated rings. The molecule has 7 rings (SSSR count). The zero-order valence-corrected chi connectivity index (χ0v) is 22.8. The molecule has 0 atom stereocenters. The number of benzene rings is 5. The highest BCUT2D eigenvalue weighted by Gasteiger charge is 2.15. The molecule has 0 unspecified atom stereocenters. The topological polar surface area (TPSA) is 51.6 Å². The normalized spacial score (nSPS) is 10.9. The Kier molecular flexibility index (Phi) is 6.85. The van der Waals surface area contributed by atoms with Crippen LogP contribution in [0.15, 0.2) is 158 Å². The predicted octanol–water partition coefficient (Wildman–Crippen LogP) is 9.27. The van der Waals surface area contributed by atoms with E-state index in [4.69, 9.17) is 9.97 Å². The summed E-state index contributed by atoms with van der Waals surface area (Å²) in [6.45, 7) is 0. The Labute approximate surface area is 245 Å². The van der Waals surface area contributed by atoms with Crippen molar-refractivity contribution in [1.82, 2.24) is 19.9 Å². The minimum Gasteiger partial charge on any atom is -0.244 e. The van der Waals surface area contributed by atoms with Gasteiger partial charge in [0.1, 0.15) is 6.33 Å². The average Bonchev–Trinajstić information content (AvgIpc) is 3.09. The van der Waals surface area contributed by atoms with E-state index in [0.717, 1.165) is 50.2 Å². The first-order valence-electron chi connectivity index (χ1n) is 13.9. The van der Waals surface area contributed by atoms with Gasteiger partial charge in [-0.15, -0.1) is 0 Å². The first-order chi connectivity index (χ1) is 20.8. The van der Waals surface area contributed by atoms with E-state index >= 15 is 0 Å². The molecule has 0 aliphatic heterocycles. The van der Waals surface area contributed by atoms with Crippen LogP contribution in [0.2, 0.25) is 0 Å². The van der Waals surface area contributed by atoms with Crippen LogP contribution < -0.4 is 0 Å². The Balaban J connectivity index is 1.38. The number of hydrogen-bond donors (Lipinski definition) is 0. The quantitative estimate of drug-likeness (QED) is 0.212. The summed E-state index contributed by atoms with van der Waals surface area (Å²) in [5, 5.41) is 0. The summed E-state index contributed by atoms with van der Waals surface area (Å²) < 4.78 is 0. The fourth-order valence-electron chi connectivity index (χ4n) is 5.21. The highest BCUT2D eigenvalue weighted by atomic mass is 14.9. The summed E-state index contributed by atoms with van der Waals surface area (Å²) in [6.07, 6.45) is 7.12. The van der Waals surface area contributed by atoms with E-state index in [1.165, 1.54) is 17.5 Å². The Bertz CT molecular complexity index is 1970. The molecule has 0 radical (unpaired) electrons. The third-order valence-corrected chi connectivity index (χ3v) is 7.33. The maximum atomic E-state index is 5.22. The van der Waals surface area contributed by atoms with E-state index in [0.29, 0.717) is 5.82 Å². The largest absolute Gasteiger partial charge is 0.244 e. The fourth-order valence-corrected chi connectivity index (χ4v) is 5.21. The van der Waals surface area contributed by atoms with Crippen molar-refractivity contribution in [3.05, 3.63) is 158 Å². The molecule has 42 heavy (non-hydrogen) atoms. The van der Waals surface area contributed by atoms with E-state index < -0.39 is 0 Å². The van der Waals surface area contributed by atoms with Crippen molar-refractivity contribution in [3.8, 4) is 67.2 Å². The molecule has 0 aliphatic carbocycles. The third-order valence-electron chi connectivity index (χ3n) is 7.33. The average molecular weight is 539 g/mol. The van der Waals surface area contributed by atoms with Crippen molar-refractivity contribution in [2.45, 2.75) is 0 Å². The van der Waals surface area contributed by atoms with Crippen molar-refractivity contribution in [3.63, 3.8) is 0 Å². The smallest absolute Gasteiger partial charge is 0.159 e. The summed E-state index contributed by atoms with van der Waals surface area (Å²) >= 11 is 0. The van der Waals surface area contributed by atoms with E-state index in [9.17, 15) is 0 Å². The van der Waals surface area contributed by atoms with Crippen molar-refractivity contribution in [2.75, 3.05) is 0 Å². The van der Waals surface area contributed by atoms with Crippen LogP contribution in [-0.2, 0) is 0 Å². The second-order valence-electron chi connectivity index (χ2n) is 10.1. The zero-order chi connectivity index (χ0) is 28.1. The molecular formula is C38H26N4. The van der Waals surface area contributed by atoms with Crippen LogP contribution in [0.3, 0.4) is 0 Å². The standard InChI is InChI=1S/C38H26N4/c1-3-10-27(11-4-1)29-14-7-17-32(20-29)36-25-41-38(34-19-9-16-31(22-34)35-23-39-26-40-24-35)42-37(36)33-18-8-15-30(21-33)28-12-5-2-6-13-28/h1-26H. The van der Waals surface area contributed by atoms with Gasteiger partial charge in [-0.25, -0.2) is 19.9 Å². The first-order valence-corrected chi connectivity index (χ1v) is 13.9. The van der Waals surface area contributed by atoms with Crippen molar-refractivity contribution in [2.24, 2.45) is 0 Å². The lowest BCUT2D eigenvalue weighted by Gasteiger charge is -2.14. The zero-order valence-electron chi connectivity index (χ0n) is 22.8. The van der Waals surface area contributed by atoms with Gasteiger partial charge in [0, 0.05) is 40.8 Å². The van der Waals surface area contributed by atoms with Gasteiger partial charge < -0.3 is 0 Å². The minimum atomic E-state index is 0.664. The first kappa shape index (κ1) is 25.2. The van der Waals surface area contributed by atoms with Crippen LogP contribution in [0.25, 0.3) is 67.2 Å². The summed E-state index contributed by atoms with van der Waals surface area (Å²) in [5.74, 6) is 0.664. The molecule has 2 heterocycles. The second kappa shape index (κ2) is 11.4. The van der Waals surface area contributed by atoms with E-state index in [2.05, 4.69) is 119 Å². The summed E-state index contributed by atoms with van der Waals surface area (Å²) in [4.78, 5) is 18.5. The highest BCUT2D eigenvalue weighted by molar-refractivity contribution is 5.85. The van der Waals surface area contributed by atoms with Gasteiger partial charge in [0.25, 0.3) is 0 Å². The van der Waals surface area contributed by atoms with Crippen molar-refractivity contribution >= 4 is 0 Å². The molecule has 7 aromatic rings. The predicted molar refractivity (Wildman–Crippen MR) is 170 cm³/mol. The molecule has 0 bridgehead atoms. The van der Waals surface area contributed by atoms with E-state index in [1.807, 2.05) is 42.9 Å². The molecule has 0 saturated heterocycles. The van der Waals surface area contributed by atoms with Gasteiger partial charge in [-0.2, -0.15) is 0 Å². The Morgan fingerprint density at radius 2 is 0.833 bits per heavy atom. The lowest BCUT2D eigenvalue weighted by Crippen LogP contribution is -1.97. The Morgan fingerprint density at radius 1 is 0.357 bits per heavy atom. The van der Waals surface area contributed by atoms with Crippen LogP contribution >= 0.6 is 0 Å². The molecule has 5 aromatic carbocycles. The van der Waals surface area contributed by atoms with Gasteiger partial charge in [0.2, 0.25) is 0 Å². The maximum absolute atomic E-state index is 5.22. The van der Waals surface area contributed by atoms with Gasteiger partial charge in [0.05, 0.1) is 5.69 Å². The monoisotopic (exact) mass is 538 g/mol. The molecule has 198 valence electrons. The lowest BCUT2D eigenvalue weighted by atomic mass is 9.95. The number of hydrogen-bond acceptors (Lipinski definition) is 4. The van der Waals surface area contributed by atoms with Crippen LogP contribution in [0.1, 0.15) is 0 Å². The molecule has 0 aliphatic rings. The van der Waals surface area contributed by atoms with Gasteiger partial charge in [-0.05, 0) is 51.6 Å². The van der Waals surface area contributed by atoms with Crippen LogP contribution in [0.4, 0.5) is 0 Å². The molecule has 4 nitrogen and oxygen atoms in total. The molecule has 0 spiro atoms. The van der Waals surface area contributed by atoms with Crippen LogP contribution in [-0.4, -0.2) is 19.9 Å². The lowest BCUT2D eigenvalue weighted by molar-refractivity contribution is 1.17. The minimum absolute atomic E-state index is 0.664. The van der Waals surface area contributed by atoms with Gasteiger partial charge in [0.15, 0.2) is 5.82 Å². The second-order valence-corrected chi connectivity index (χ2v) is 10.1. The fraction of sp³-hybridized carbons (Fsp3) is 0. The van der Waals surface area contributed by atoms with E-state index in [-0.39, 0.29) is 0 Å². The molecule has 0 saturated carbocycles. The van der Waals surface area contributed by atoms with Crippen LogP contribution in [0, 0.1) is 0 Å². The highest BCUT2D eigenvalue weighted by Crippen LogP contribution is 2.36. The Hall–Kier alpha value is -5.74. The van der Waals surface area contributed by atoms with Crippen LogP contribution in [0.5, 0.6) is 0 Å². The molecule has 2 aromatic heterocycles. The summed E-state index contributed by atoms with van der Waals surface area (Å²) in [6, 6.07) is 46.2. The summed E-state index contributed by atoms with van der Waals surface area (Å²) in [5.41, 5.74) is 11.5. The van der Waals surface area contributed by atoms with Gasteiger partial charge in [-0.1, -0.05) is 115 Å². The number of rotatable bonds is 6. The molecule has 0 amide bonds. The molecule has 4 heteroatoms. The number of aromatic nitrogens is 4. The molecular weight excluding hydrogens is 512 g/mol. The van der Waals surface area contributed by atoms with Gasteiger partial charge >= 0.3 is 0 Å². The maximum Gasteiger partial charge on any atom is 0.159 e. The number of nitrogens with zero attached hydrogens (tertiary/aromatic N) is 4. The van der Waals surface area contributed by atoms with Crippen molar-refractivity contribution in [1.29, 1.82) is 0 Å². The Morgan fingerprint density at radius 3 is 1.48 bits per heavy atom. The SMILES string of the molecule is c1ccc(-c2cccc(-c3cnc(-c4cccc(-c5cncnc5)c4)nc3-c3cccc(-c4ccccc4)c3)c2)cc1. The third kappa shape index (κ3) is 5.21. The summed E-state index contributed by atoms with van der Waals surface area (Å²) in [7, 11) is 0. The van der Waals surface area contributed by atoms with Gasteiger partial charge in [-0.3, -0.25) is 0 Å².